The minimum absolute atomic E-state index is 0.132. The van der Waals surface area contributed by atoms with Gasteiger partial charge in [0.1, 0.15) is 13.2 Å². The largest absolute Gasteiger partial charge is 0.486 e. The van der Waals surface area contributed by atoms with Crippen molar-refractivity contribution in [3.8, 4) is 11.5 Å². The fourth-order valence-electron chi connectivity index (χ4n) is 2.08. The molecule has 5 nitrogen and oxygen atoms in total. The molecule has 0 aliphatic carbocycles. The molecule has 0 bridgehead atoms. The molecule has 2 aliphatic rings. The lowest BCUT2D eigenvalue weighted by Gasteiger charge is -2.40. The van der Waals surface area contributed by atoms with Crippen LogP contribution in [0.3, 0.4) is 0 Å². The third-order valence-corrected chi connectivity index (χ3v) is 3.36. The molecule has 2 N–H and O–H groups in total. The molecule has 1 saturated heterocycles. The topological polar surface area (TPSA) is 60.0 Å². The van der Waals surface area contributed by atoms with Gasteiger partial charge in [-0.25, -0.2) is 0 Å². The lowest BCUT2D eigenvalue weighted by Crippen LogP contribution is -2.50. The molecule has 0 saturated carbocycles. The maximum absolute atomic E-state index is 9.34. The van der Waals surface area contributed by atoms with E-state index in [4.69, 9.17) is 14.2 Å². The number of rotatable bonds is 4. The predicted molar refractivity (Wildman–Crippen MR) is 66.3 cm³/mol. The fourth-order valence-corrected chi connectivity index (χ4v) is 2.08. The Hall–Kier alpha value is -1.46. The highest BCUT2D eigenvalue weighted by Crippen LogP contribution is 2.33. The first-order chi connectivity index (χ1) is 8.81. The van der Waals surface area contributed by atoms with E-state index in [2.05, 4.69) is 5.32 Å². The Morgan fingerprint density at radius 2 is 1.94 bits per heavy atom. The Morgan fingerprint density at radius 1 is 1.17 bits per heavy atom. The second kappa shape index (κ2) is 4.66. The summed E-state index contributed by atoms with van der Waals surface area (Å²) in [6.07, 6.45) is 0. The zero-order chi connectivity index (χ0) is 12.4. The summed E-state index contributed by atoms with van der Waals surface area (Å²) in [6, 6.07) is 5.79. The number of aliphatic hydroxyl groups excluding tert-OH is 1. The Kier molecular flexibility index (Phi) is 3.01. The van der Waals surface area contributed by atoms with E-state index in [0.717, 1.165) is 17.2 Å². The van der Waals surface area contributed by atoms with Gasteiger partial charge >= 0.3 is 0 Å². The minimum Gasteiger partial charge on any atom is -0.486 e. The van der Waals surface area contributed by atoms with Crippen LogP contribution in [0.15, 0.2) is 18.2 Å². The summed E-state index contributed by atoms with van der Waals surface area (Å²) in [5.74, 6) is 1.56. The number of aliphatic hydroxyl groups is 1. The minimum atomic E-state index is -0.132. The van der Waals surface area contributed by atoms with Gasteiger partial charge < -0.3 is 24.6 Å². The summed E-state index contributed by atoms with van der Waals surface area (Å²) in [7, 11) is 0. The monoisotopic (exact) mass is 251 g/mol. The molecule has 3 rings (SSSR count). The van der Waals surface area contributed by atoms with Crippen molar-refractivity contribution in [1.29, 1.82) is 0 Å². The van der Waals surface area contributed by atoms with Crippen molar-refractivity contribution in [2.24, 2.45) is 5.41 Å². The first-order valence-electron chi connectivity index (χ1n) is 6.13. The summed E-state index contributed by atoms with van der Waals surface area (Å²) in [5, 5.41) is 12.7. The van der Waals surface area contributed by atoms with Gasteiger partial charge in [-0.1, -0.05) is 0 Å². The van der Waals surface area contributed by atoms with Crippen LogP contribution in [0.1, 0.15) is 0 Å². The van der Waals surface area contributed by atoms with Crippen molar-refractivity contribution in [3.05, 3.63) is 18.2 Å². The number of nitrogens with one attached hydrogen (secondary N) is 1. The highest BCUT2D eigenvalue weighted by Gasteiger charge is 2.37. The first kappa shape index (κ1) is 11.6. The van der Waals surface area contributed by atoms with Crippen molar-refractivity contribution in [3.63, 3.8) is 0 Å². The molecule has 1 fully saturated rings. The molecule has 2 aliphatic heterocycles. The van der Waals surface area contributed by atoms with E-state index < -0.39 is 0 Å². The number of benzene rings is 1. The maximum atomic E-state index is 9.34. The van der Waals surface area contributed by atoms with Gasteiger partial charge in [0.15, 0.2) is 11.5 Å². The molecule has 0 unspecified atom stereocenters. The Labute approximate surface area is 106 Å². The van der Waals surface area contributed by atoms with Gasteiger partial charge in [-0.2, -0.15) is 0 Å². The van der Waals surface area contributed by atoms with Gasteiger partial charge in [0.25, 0.3) is 0 Å². The first-order valence-corrected chi connectivity index (χ1v) is 6.13. The highest BCUT2D eigenvalue weighted by molar-refractivity contribution is 5.55. The number of ether oxygens (including phenoxy) is 3. The van der Waals surface area contributed by atoms with Crippen LogP contribution in [-0.2, 0) is 4.74 Å². The third-order valence-electron chi connectivity index (χ3n) is 3.36. The van der Waals surface area contributed by atoms with Gasteiger partial charge in [-0.05, 0) is 12.1 Å². The van der Waals surface area contributed by atoms with Crippen LogP contribution in [0.25, 0.3) is 0 Å². The molecule has 1 aromatic carbocycles. The molecule has 5 heteroatoms. The number of hydrogen-bond donors (Lipinski definition) is 2. The van der Waals surface area contributed by atoms with Gasteiger partial charge in [-0.3, -0.25) is 0 Å². The summed E-state index contributed by atoms with van der Waals surface area (Å²) in [4.78, 5) is 0. The van der Waals surface area contributed by atoms with E-state index in [-0.39, 0.29) is 12.0 Å². The van der Waals surface area contributed by atoms with Crippen LogP contribution in [0.4, 0.5) is 5.69 Å². The molecular weight excluding hydrogens is 234 g/mol. The van der Waals surface area contributed by atoms with E-state index in [0.29, 0.717) is 33.0 Å². The smallest absolute Gasteiger partial charge is 0.163 e. The van der Waals surface area contributed by atoms with Crippen LogP contribution < -0.4 is 14.8 Å². The molecule has 18 heavy (non-hydrogen) atoms. The lowest BCUT2D eigenvalue weighted by atomic mass is 9.87. The number of fused-ring (bicyclic) bond motifs is 1. The zero-order valence-electron chi connectivity index (χ0n) is 10.1. The molecule has 2 heterocycles. The molecule has 0 amide bonds. The van der Waals surface area contributed by atoms with Crippen LogP contribution in [-0.4, -0.2) is 44.7 Å². The highest BCUT2D eigenvalue weighted by atomic mass is 16.6. The summed E-state index contributed by atoms with van der Waals surface area (Å²) in [6.45, 7) is 3.26. The van der Waals surface area contributed by atoms with Crippen LogP contribution >= 0.6 is 0 Å². The predicted octanol–water partition coefficient (Wildman–Crippen LogP) is 0.879. The van der Waals surface area contributed by atoms with Gasteiger partial charge in [0, 0.05) is 18.3 Å². The fraction of sp³-hybridized carbons (Fsp3) is 0.538. The second-order valence-corrected chi connectivity index (χ2v) is 4.86. The molecule has 0 spiro atoms. The normalized spacial score (nSPS) is 20.1. The summed E-state index contributed by atoms with van der Waals surface area (Å²) in [5.41, 5.74) is 0.840. The quantitative estimate of drug-likeness (QED) is 0.832. The second-order valence-electron chi connectivity index (χ2n) is 4.86. The van der Waals surface area contributed by atoms with Crippen LogP contribution in [0.2, 0.25) is 0 Å². The summed E-state index contributed by atoms with van der Waals surface area (Å²) < 4.78 is 16.2. The maximum Gasteiger partial charge on any atom is 0.163 e. The van der Waals surface area contributed by atoms with Crippen molar-refractivity contribution in [1.82, 2.24) is 0 Å². The average Bonchev–Trinajstić information content (AvgIpc) is 2.38. The van der Waals surface area contributed by atoms with Crippen LogP contribution in [0.5, 0.6) is 11.5 Å². The summed E-state index contributed by atoms with van der Waals surface area (Å²) >= 11 is 0. The number of hydrogen-bond acceptors (Lipinski definition) is 5. The van der Waals surface area contributed by atoms with E-state index in [1.54, 1.807) is 0 Å². The molecule has 0 aromatic heterocycles. The lowest BCUT2D eigenvalue weighted by molar-refractivity contribution is -0.128. The Balaban J connectivity index is 1.66. The SMILES string of the molecule is OCC1(CNc2ccc3c(c2)OCCO3)COC1. The molecule has 98 valence electrons. The van der Waals surface area contributed by atoms with Crippen LogP contribution in [0, 0.1) is 5.41 Å². The van der Waals surface area contributed by atoms with E-state index in [1.165, 1.54) is 0 Å². The molecular formula is C13H17NO4. The van der Waals surface area contributed by atoms with Gasteiger partial charge in [-0.15, -0.1) is 0 Å². The average molecular weight is 251 g/mol. The molecule has 0 radical (unpaired) electrons. The van der Waals surface area contributed by atoms with Gasteiger partial charge in [0.2, 0.25) is 0 Å². The van der Waals surface area contributed by atoms with E-state index >= 15 is 0 Å². The number of anilines is 1. The van der Waals surface area contributed by atoms with Crippen molar-refractivity contribution in [2.75, 3.05) is 44.9 Å². The Bertz CT molecular complexity index is 425. The third kappa shape index (κ3) is 2.11. The zero-order valence-corrected chi connectivity index (χ0v) is 10.1. The molecule has 0 atom stereocenters. The Morgan fingerprint density at radius 3 is 2.61 bits per heavy atom. The van der Waals surface area contributed by atoms with Crippen molar-refractivity contribution >= 4 is 5.69 Å². The van der Waals surface area contributed by atoms with Crippen molar-refractivity contribution < 1.29 is 19.3 Å². The van der Waals surface area contributed by atoms with E-state index in [1.807, 2.05) is 18.2 Å². The molecule has 1 aromatic rings. The van der Waals surface area contributed by atoms with Crippen molar-refractivity contribution in [2.45, 2.75) is 0 Å². The van der Waals surface area contributed by atoms with Gasteiger partial charge in [0.05, 0.1) is 25.2 Å². The standard InChI is InChI=1S/C13H17NO4/c15-7-13(8-16-9-13)6-14-10-1-2-11-12(5-10)18-4-3-17-11/h1-2,5,14-15H,3-4,6-9H2. The van der Waals surface area contributed by atoms with E-state index in [9.17, 15) is 5.11 Å².